The molecule has 1 aliphatic carbocycles. The lowest BCUT2D eigenvalue weighted by atomic mass is 9.89. The van der Waals surface area contributed by atoms with Crippen LogP contribution in [0.15, 0.2) is 0 Å². The van der Waals surface area contributed by atoms with E-state index in [1.165, 1.54) is 44.9 Å². The van der Waals surface area contributed by atoms with Gasteiger partial charge in [0.1, 0.15) is 5.82 Å². The molecule has 1 unspecified atom stereocenters. The van der Waals surface area contributed by atoms with Crippen LogP contribution in [0, 0.1) is 5.92 Å². The SMILES string of the molecule is CCC(CCN)CCc1nc(C2CCCCC2)nn1C. The van der Waals surface area contributed by atoms with E-state index in [0.717, 1.165) is 37.0 Å². The maximum atomic E-state index is 5.67. The summed E-state index contributed by atoms with van der Waals surface area (Å²) in [5, 5.41) is 4.66. The number of hydrogen-bond acceptors (Lipinski definition) is 3. The summed E-state index contributed by atoms with van der Waals surface area (Å²) >= 11 is 0. The van der Waals surface area contributed by atoms with Gasteiger partial charge in [-0.2, -0.15) is 5.10 Å². The van der Waals surface area contributed by atoms with E-state index in [4.69, 9.17) is 10.7 Å². The van der Waals surface area contributed by atoms with Crippen LogP contribution in [0.3, 0.4) is 0 Å². The van der Waals surface area contributed by atoms with Gasteiger partial charge in [0.2, 0.25) is 0 Å². The molecule has 1 atom stereocenters. The molecule has 0 spiro atoms. The van der Waals surface area contributed by atoms with Gasteiger partial charge in [-0.25, -0.2) is 4.98 Å². The van der Waals surface area contributed by atoms with Gasteiger partial charge in [-0.05, 0) is 38.1 Å². The fourth-order valence-electron chi connectivity index (χ4n) is 3.31. The number of aryl methyl sites for hydroxylation is 2. The van der Waals surface area contributed by atoms with Crippen molar-refractivity contribution in [3.8, 4) is 0 Å². The summed E-state index contributed by atoms with van der Waals surface area (Å²) in [7, 11) is 2.04. The second kappa shape index (κ2) is 7.77. The lowest BCUT2D eigenvalue weighted by molar-refractivity contribution is 0.427. The predicted octanol–water partition coefficient (Wildman–Crippen LogP) is 3.17. The monoisotopic (exact) mass is 278 g/mol. The molecule has 0 aliphatic heterocycles. The highest BCUT2D eigenvalue weighted by Crippen LogP contribution is 2.30. The highest BCUT2D eigenvalue weighted by Gasteiger charge is 2.21. The second-order valence-electron chi connectivity index (χ2n) is 6.24. The number of aromatic nitrogens is 3. The Morgan fingerprint density at radius 2 is 2.00 bits per heavy atom. The largest absolute Gasteiger partial charge is 0.330 e. The van der Waals surface area contributed by atoms with Crippen molar-refractivity contribution < 1.29 is 0 Å². The first-order chi connectivity index (χ1) is 9.74. The normalized spacial score (nSPS) is 18.4. The van der Waals surface area contributed by atoms with Crippen molar-refractivity contribution in [2.45, 2.75) is 70.6 Å². The molecule has 1 fully saturated rings. The summed E-state index contributed by atoms with van der Waals surface area (Å²) in [6, 6.07) is 0. The first-order valence-corrected chi connectivity index (χ1v) is 8.34. The Bertz CT molecular complexity index is 393. The van der Waals surface area contributed by atoms with Gasteiger partial charge in [0, 0.05) is 19.4 Å². The molecule has 1 heterocycles. The second-order valence-corrected chi connectivity index (χ2v) is 6.24. The van der Waals surface area contributed by atoms with E-state index in [1.807, 2.05) is 11.7 Å². The standard InChI is InChI=1S/C16H30N4/c1-3-13(11-12-17)9-10-15-18-16(19-20(15)2)14-7-5-4-6-8-14/h13-14H,3-12,17H2,1-2H3. The number of hydrogen-bond donors (Lipinski definition) is 1. The Morgan fingerprint density at radius 3 is 2.65 bits per heavy atom. The average Bonchev–Trinajstić information content (AvgIpc) is 2.86. The lowest BCUT2D eigenvalue weighted by Gasteiger charge is -2.18. The van der Waals surface area contributed by atoms with Crippen LogP contribution in [0.2, 0.25) is 0 Å². The van der Waals surface area contributed by atoms with Crippen molar-refractivity contribution in [2.24, 2.45) is 18.7 Å². The minimum absolute atomic E-state index is 0.606. The van der Waals surface area contributed by atoms with Crippen LogP contribution in [0.5, 0.6) is 0 Å². The molecule has 2 rings (SSSR count). The summed E-state index contributed by atoms with van der Waals surface area (Å²) in [6.07, 6.45) is 11.2. The molecule has 1 aromatic rings. The maximum Gasteiger partial charge on any atom is 0.154 e. The van der Waals surface area contributed by atoms with Gasteiger partial charge in [-0.15, -0.1) is 0 Å². The molecule has 4 heteroatoms. The van der Waals surface area contributed by atoms with Crippen LogP contribution >= 0.6 is 0 Å². The summed E-state index contributed by atoms with van der Waals surface area (Å²) in [6.45, 7) is 3.05. The molecule has 0 saturated heterocycles. The number of rotatable bonds is 7. The van der Waals surface area contributed by atoms with Gasteiger partial charge >= 0.3 is 0 Å². The minimum Gasteiger partial charge on any atom is -0.330 e. The molecule has 114 valence electrons. The molecular formula is C16H30N4. The van der Waals surface area contributed by atoms with Crippen LogP contribution in [-0.4, -0.2) is 21.3 Å². The van der Waals surface area contributed by atoms with Crippen molar-refractivity contribution in [2.75, 3.05) is 6.54 Å². The Kier molecular flexibility index (Phi) is 6.02. The highest BCUT2D eigenvalue weighted by molar-refractivity contribution is 5.00. The first-order valence-electron chi connectivity index (χ1n) is 8.34. The fourth-order valence-corrected chi connectivity index (χ4v) is 3.31. The molecule has 2 N–H and O–H groups in total. The lowest BCUT2D eigenvalue weighted by Crippen LogP contribution is -2.10. The molecule has 1 aromatic heterocycles. The Morgan fingerprint density at radius 1 is 1.25 bits per heavy atom. The summed E-state index contributed by atoms with van der Waals surface area (Å²) in [5.74, 6) is 3.58. The number of nitrogens with zero attached hydrogens (tertiary/aromatic N) is 3. The Balaban J connectivity index is 1.93. The van der Waals surface area contributed by atoms with E-state index in [0.29, 0.717) is 5.92 Å². The van der Waals surface area contributed by atoms with E-state index in [-0.39, 0.29) is 0 Å². The van der Waals surface area contributed by atoms with Crippen LogP contribution in [0.4, 0.5) is 0 Å². The summed E-state index contributed by atoms with van der Waals surface area (Å²) < 4.78 is 2.00. The molecule has 1 saturated carbocycles. The van der Waals surface area contributed by atoms with E-state index in [2.05, 4.69) is 12.0 Å². The molecule has 0 amide bonds. The van der Waals surface area contributed by atoms with Crippen molar-refractivity contribution in [3.05, 3.63) is 11.6 Å². The molecular weight excluding hydrogens is 248 g/mol. The molecule has 20 heavy (non-hydrogen) atoms. The quantitative estimate of drug-likeness (QED) is 0.833. The predicted molar refractivity (Wildman–Crippen MR) is 82.6 cm³/mol. The van der Waals surface area contributed by atoms with Crippen LogP contribution in [0.25, 0.3) is 0 Å². The average molecular weight is 278 g/mol. The molecule has 0 aromatic carbocycles. The third-order valence-electron chi connectivity index (χ3n) is 4.77. The smallest absolute Gasteiger partial charge is 0.154 e. The Hall–Kier alpha value is -0.900. The van der Waals surface area contributed by atoms with Crippen LogP contribution in [0.1, 0.15) is 75.9 Å². The third-order valence-corrected chi connectivity index (χ3v) is 4.77. The zero-order valence-corrected chi connectivity index (χ0v) is 13.1. The highest BCUT2D eigenvalue weighted by atomic mass is 15.3. The summed E-state index contributed by atoms with van der Waals surface area (Å²) in [5.41, 5.74) is 5.67. The molecule has 1 aliphatic rings. The maximum absolute atomic E-state index is 5.67. The molecule has 0 bridgehead atoms. The van der Waals surface area contributed by atoms with Crippen molar-refractivity contribution in [3.63, 3.8) is 0 Å². The van der Waals surface area contributed by atoms with Gasteiger partial charge in [0.25, 0.3) is 0 Å². The minimum atomic E-state index is 0.606. The zero-order chi connectivity index (χ0) is 14.4. The van der Waals surface area contributed by atoms with E-state index >= 15 is 0 Å². The number of nitrogens with two attached hydrogens (primary N) is 1. The Labute approximate surface area is 123 Å². The van der Waals surface area contributed by atoms with Gasteiger partial charge in [-0.3, -0.25) is 4.68 Å². The van der Waals surface area contributed by atoms with E-state index in [9.17, 15) is 0 Å². The zero-order valence-electron chi connectivity index (χ0n) is 13.1. The van der Waals surface area contributed by atoms with Crippen molar-refractivity contribution in [1.29, 1.82) is 0 Å². The molecule has 0 radical (unpaired) electrons. The van der Waals surface area contributed by atoms with E-state index < -0.39 is 0 Å². The van der Waals surface area contributed by atoms with Crippen molar-refractivity contribution >= 4 is 0 Å². The molecule has 4 nitrogen and oxygen atoms in total. The fraction of sp³-hybridized carbons (Fsp3) is 0.875. The van der Waals surface area contributed by atoms with Crippen LogP contribution < -0.4 is 5.73 Å². The topological polar surface area (TPSA) is 56.7 Å². The third kappa shape index (κ3) is 4.05. The summed E-state index contributed by atoms with van der Waals surface area (Å²) in [4.78, 5) is 4.82. The van der Waals surface area contributed by atoms with Gasteiger partial charge in [0.15, 0.2) is 5.82 Å². The van der Waals surface area contributed by atoms with Gasteiger partial charge < -0.3 is 5.73 Å². The van der Waals surface area contributed by atoms with Gasteiger partial charge in [-0.1, -0.05) is 32.6 Å². The van der Waals surface area contributed by atoms with Gasteiger partial charge in [0.05, 0.1) is 0 Å². The van der Waals surface area contributed by atoms with Crippen LogP contribution in [-0.2, 0) is 13.5 Å². The first kappa shape index (κ1) is 15.5. The van der Waals surface area contributed by atoms with Crippen molar-refractivity contribution in [1.82, 2.24) is 14.8 Å². The van der Waals surface area contributed by atoms with E-state index in [1.54, 1.807) is 0 Å².